The average molecular weight is 344 g/mol. The van der Waals surface area contributed by atoms with Crippen molar-refractivity contribution < 1.29 is 9.53 Å². The number of amides is 1. The SMILES string of the molecule is C.Cc1cc(CN)cc(Oc2cccc(C(=O)NCCN(C)C)c2)n1. The van der Waals surface area contributed by atoms with Crippen LogP contribution in [0.3, 0.4) is 0 Å². The number of benzene rings is 1. The molecule has 3 N–H and O–H groups in total. The van der Waals surface area contributed by atoms with Gasteiger partial charge in [-0.05, 0) is 50.8 Å². The van der Waals surface area contributed by atoms with Crippen LogP contribution in [0.5, 0.6) is 11.6 Å². The van der Waals surface area contributed by atoms with E-state index in [-0.39, 0.29) is 13.3 Å². The number of pyridine rings is 1. The fourth-order valence-corrected chi connectivity index (χ4v) is 2.19. The van der Waals surface area contributed by atoms with Crippen molar-refractivity contribution in [3.63, 3.8) is 0 Å². The number of likely N-dealkylation sites (N-methyl/N-ethyl adjacent to an activating group) is 1. The molecular formula is C19H28N4O2. The molecule has 1 aromatic heterocycles. The molecule has 1 heterocycles. The molecule has 0 fully saturated rings. The van der Waals surface area contributed by atoms with Gasteiger partial charge in [-0.2, -0.15) is 0 Å². The van der Waals surface area contributed by atoms with Crippen molar-refractivity contribution in [3.05, 3.63) is 53.2 Å². The Bertz CT molecular complexity index is 702. The lowest BCUT2D eigenvalue weighted by molar-refractivity contribution is 0.0950. The van der Waals surface area contributed by atoms with Crippen LogP contribution in [-0.2, 0) is 6.54 Å². The van der Waals surface area contributed by atoms with Gasteiger partial charge in [-0.3, -0.25) is 4.79 Å². The summed E-state index contributed by atoms with van der Waals surface area (Å²) in [7, 11) is 3.93. The van der Waals surface area contributed by atoms with E-state index in [2.05, 4.69) is 10.3 Å². The van der Waals surface area contributed by atoms with Gasteiger partial charge in [0.2, 0.25) is 5.88 Å². The van der Waals surface area contributed by atoms with E-state index in [0.29, 0.717) is 30.3 Å². The molecule has 0 aliphatic rings. The second kappa shape index (κ2) is 9.76. The first-order chi connectivity index (χ1) is 11.5. The Hall–Kier alpha value is -2.44. The molecule has 0 saturated heterocycles. The molecule has 0 radical (unpaired) electrons. The van der Waals surface area contributed by atoms with Crippen LogP contribution in [0.25, 0.3) is 0 Å². The number of nitrogens with two attached hydrogens (primary N) is 1. The van der Waals surface area contributed by atoms with Crippen molar-refractivity contribution in [2.24, 2.45) is 5.73 Å². The van der Waals surface area contributed by atoms with Crippen LogP contribution in [0.1, 0.15) is 29.0 Å². The monoisotopic (exact) mass is 344 g/mol. The number of rotatable bonds is 7. The summed E-state index contributed by atoms with van der Waals surface area (Å²) < 4.78 is 5.78. The van der Waals surface area contributed by atoms with Gasteiger partial charge in [0.25, 0.3) is 5.91 Å². The topological polar surface area (TPSA) is 80.5 Å². The molecule has 0 aliphatic carbocycles. The third-order valence-electron chi connectivity index (χ3n) is 3.39. The highest BCUT2D eigenvalue weighted by Gasteiger charge is 2.08. The molecule has 0 spiro atoms. The first-order valence-corrected chi connectivity index (χ1v) is 7.86. The maximum atomic E-state index is 12.2. The molecule has 2 rings (SSSR count). The normalized spacial score (nSPS) is 10.3. The molecule has 6 nitrogen and oxygen atoms in total. The van der Waals surface area contributed by atoms with Crippen LogP contribution in [0, 0.1) is 6.92 Å². The lowest BCUT2D eigenvalue weighted by Gasteiger charge is -2.11. The van der Waals surface area contributed by atoms with Crippen molar-refractivity contribution in [3.8, 4) is 11.6 Å². The van der Waals surface area contributed by atoms with Gasteiger partial charge in [0.15, 0.2) is 0 Å². The fourth-order valence-electron chi connectivity index (χ4n) is 2.19. The highest BCUT2D eigenvalue weighted by Crippen LogP contribution is 2.22. The average Bonchev–Trinajstić information content (AvgIpc) is 2.54. The van der Waals surface area contributed by atoms with E-state index in [9.17, 15) is 4.79 Å². The van der Waals surface area contributed by atoms with E-state index >= 15 is 0 Å². The van der Waals surface area contributed by atoms with Crippen molar-refractivity contribution in [1.29, 1.82) is 0 Å². The van der Waals surface area contributed by atoms with Crippen molar-refractivity contribution >= 4 is 5.91 Å². The molecule has 0 aliphatic heterocycles. The summed E-state index contributed by atoms with van der Waals surface area (Å²) in [6, 6.07) is 10.8. The molecule has 25 heavy (non-hydrogen) atoms. The molecule has 6 heteroatoms. The summed E-state index contributed by atoms with van der Waals surface area (Å²) >= 11 is 0. The third-order valence-corrected chi connectivity index (χ3v) is 3.39. The Balaban J connectivity index is 0.00000312. The summed E-state index contributed by atoms with van der Waals surface area (Å²) in [6.45, 7) is 3.70. The van der Waals surface area contributed by atoms with E-state index in [1.165, 1.54) is 0 Å². The summed E-state index contributed by atoms with van der Waals surface area (Å²) in [6.07, 6.45) is 0. The fraction of sp³-hybridized carbons (Fsp3) is 0.368. The van der Waals surface area contributed by atoms with Crippen molar-refractivity contribution in [1.82, 2.24) is 15.2 Å². The smallest absolute Gasteiger partial charge is 0.251 e. The second-order valence-corrected chi connectivity index (χ2v) is 5.85. The summed E-state index contributed by atoms with van der Waals surface area (Å²) in [5.41, 5.74) is 8.02. The van der Waals surface area contributed by atoms with Crippen molar-refractivity contribution in [2.45, 2.75) is 20.9 Å². The molecule has 1 aromatic carbocycles. The Morgan fingerprint density at radius 2 is 2.04 bits per heavy atom. The Morgan fingerprint density at radius 3 is 2.72 bits per heavy atom. The molecule has 1 amide bonds. The summed E-state index contributed by atoms with van der Waals surface area (Å²) in [5, 5.41) is 2.88. The Labute approximate surface area is 150 Å². The van der Waals surface area contributed by atoms with Crippen LogP contribution in [0.15, 0.2) is 36.4 Å². The summed E-state index contributed by atoms with van der Waals surface area (Å²) in [5.74, 6) is 0.916. The Morgan fingerprint density at radius 1 is 1.28 bits per heavy atom. The number of hydrogen-bond donors (Lipinski definition) is 2. The van der Waals surface area contributed by atoms with E-state index < -0.39 is 0 Å². The number of nitrogens with zero attached hydrogens (tertiary/aromatic N) is 2. The van der Waals surface area contributed by atoms with Crippen LogP contribution in [0.4, 0.5) is 0 Å². The number of nitrogens with one attached hydrogen (secondary N) is 1. The Kier molecular flexibility index (Phi) is 8.04. The number of aromatic nitrogens is 1. The van der Waals surface area contributed by atoms with E-state index in [0.717, 1.165) is 17.8 Å². The largest absolute Gasteiger partial charge is 0.439 e. The van der Waals surface area contributed by atoms with Gasteiger partial charge >= 0.3 is 0 Å². The predicted octanol–water partition coefficient (Wildman–Crippen LogP) is 2.57. The van der Waals surface area contributed by atoms with Crippen LogP contribution in [-0.4, -0.2) is 43.0 Å². The zero-order valence-corrected chi connectivity index (χ0v) is 14.4. The maximum absolute atomic E-state index is 12.2. The number of hydrogen-bond acceptors (Lipinski definition) is 5. The lowest BCUT2D eigenvalue weighted by Crippen LogP contribution is -2.31. The highest BCUT2D eigenvalue weighted by molar-refractivity contribution is 5.94. The quantitative estimate of drug-likeness (QED) is 0.807. The standard InChI is InChI=1S/C18H24N4O2.CH4/c1-13-9-14(12-19)10-17(21-13)24-16-6-4-5-15(11-16)18(23)20-7-8-22(2)3;/h4-6,9-11H,7-8,12,19H2,1-3H3,(H,20,23);1H4. The van der Waals surface area contributed by atoms with E-state index in [1.54, 1.807) is 30.3 Å². The van der Waals surface area contributed by atoms with Gasteiger partial charge in [0, 0.05) is 37.0 Å². The zero-order valence-electron chi connectivity index (χ0n) is 14.4. The van der Waals surface area contributed by atoms with Gasteiger partial charge in [0.1, 0.15) is 5.75 Å². The van der Waals surface area contributed by atoms with E-state index in [1.807, 2.05) is 32.0 Å². The van der Waals surface area contributed by atoms with Crippen LogP contribution >= 0.6 is 0 Å². The molecule has 0 unspecified atom stereocenters. The number of carbonyl (C=O) groups excluding carboxylic acids is 1. The highest BCUT2D eigenvalue weighted by atomic mass is 16.5. The number of aryl methyl sites for hydroxylation is 1. The third kappa shape index (κ3) is 6.52. The van der Waals surface area contributed by atoms with E-state index in [4.69, 9.17) is 10.5 Å². The minimum Gasteiger partial charge on any atom is -0.439 e. The second-order valence-electron chi connectivity index (χ2n) is 5.85. The molecular weight excluding hydrogens is 316 g/mol. The minimum atomic E-state index is -0.123. The van der Waals surface area contributed by atoms with Gasteiger partial charge in [0.05, 0.1) is 0 Å². The summed E-state index contributed by atoms with van der Waals surface area (Å²) in [4.78, 5) is 18.5. The number of ether oxygens (including phenoxy) is 1. The van der Waals surface area contributed by atoms with Crippen molar-refractivity contribution in [2.75, 3.05) is 27.2 Å². The van der Waals surface area contributed by atoms with Crippen LogP contribution < -0.4 is 15.8 Å². The number of carbonyl (C=O) groups is 1. The molecule has 0 atom stereocenters. The van der Waals surface area contributed by atoms with Gasteiger partial charge in [-0.25, -0.2) is 4.98 Å². The van der Waals surface area contributed by atoms with Crippen LogP contribution in [0.2, 0.25) is 0 Å². The van der Waals surface area contributed by atoms with Gasteiger partial charge in [-0.15, -0.1) is 0 Å². The molecule has 0 saturated carbocycles. The minimum absolute atomic E-state index is 0. The van der Waals surface area contributed by atoms with Gasteiger partial charge < -0.3 is 20.7 Å². The predicted molar refractivity (Wildman–Crippen MR) is 101 cm³/mol. The maximum Gasteiger partial charge on any atom is 0.251 e. The molecule has 136 valence electrons. The molecule has 0 bridgehead atoms. The molecule has 2 aromatic rings. The van der Waals surface area contributed by atoms with Gasteiger partial charge in [-0.1, -0.05) is 13.5 Å². The first-order valence-electron chi connectivity index (χ1n) is 7.86. The lowest BCUT2D eigenvalue weighted by atomic mass is 10.2. The first kappa shape index (κ1) is 20.6. The zero-order chi connectivity index (χ0) is 17.5.